The van der Waals surface area contributed by atoms with Crippen molar-refractivity contribution in [2.24, 2.45) is 17.6 Å². The van der Waals surface area contributed by atoms with Crippen LogP contribution in [-0.4, -0.2) is 36.2 Å². The number of hydrogen-bond donors (Lipinski definition) is 1. The van der Waals surface area contributed by atoms with E-state index in [1.165, 1.54) is 12.1 Å². The van der Waals surface area contributed by atoms with Gasteiger partial charge in [-0.2, -0.15) is 0 Å². The molecule has 1 aliphatic carbocycles. The van der Waals surface area contributed by atoms with Gasteiger partial charge in [0.1, 0.15) is 5.75 Å². The van der Waals surface area contributed by atoms with Gasteiger partial charge >= 0.3 is 6.36 Å². The van der Waals surface area contributed by atoms with E-state index < -0.39 is 12.3 Å². The molecule has 3 rings (SSSR count). The van der Waals surface area contributed by atoms with Crippen LogP contribution in [0.1, 0.15) is 24.3 Å². The van der Waals surface area contributed by atoms with Crippen LogP contribution in [0.2, 0.25) is 0 Å². The van der Waals surface area contributed by atoms with E-state index in [-0.39, 0.29) is 36.0 Å². The van der Waals surface area contributed by atoms with Gasteiger partial charge in [-0.05, 0) is 30.4 Å². The quantitative estimate of drug-likeness (QED) is 0.910. The molecule has 0 unspecified atom stereocenters. The van der Waals surface area contributed by atoms with E-state index in [0.29, 0.717) is 24.9 Å². The third kappa shape index (κ3) is 3.47. The molecular weight excluding hydrogens is 325 g/mol. The van der Waals surface area contributed by atoms with E-state index >= 15 is 0 Å². The molecule has 0 bridgehead atoms. The van der Waals surface area contributed by atoms with Crippen LogP contribution in [0.15, 0.2) is 24.3 Å². The van der Waals surface area contributed by atoms with Crippen LogP contribution < -0.4 is 10.5 Å². The molecule has 0 spiro atoms. The molecule has 1 aromatic carbocycles. The van der Waals surface area contributed by atoms with Crippen LogP contribution in [0.25, 0.3) is 0 Å². The number of para-hydroxylation sites is 1. The SMILES string of the molecule is NC(=O)[C@@H]1CCN(C(=O)[C@H]2C[C@H]2c2ccccc2OC(F)(F)F)C1. The average molecular weight is 342 g/mol. The Hall–Kier alpha value is -2.25. The number of alkyl halides is 3. The summed E-state index contributed by atoms with van der Waals surface area (Å²) in [6.07, 6.45) is -3.75. The highest BCUT2D eigenvalue weighted by Gasteiger charge is 2.48. The number of nitrogens with two attached hydrogens (primary N) is 1. The molecule has 5 nitrogen and oxygen atoms in total. The molecule has 2 aliphatic rings. The number of amides is 2. The van der Waals surface area contributed by atoms with Crippen molar-refractivity contribution in [1.29, 1.82) is 0 Å². The third-order valence-corrected chi connectivity index (χ3v) is 4.55. The minimum absolute atomic E-state index is 0.134. The Kier molecular flexibility index (Phi) is 4.15. The maximum absolute atomic E-state index is 12.5. The van der Waals surface area contributed by atoms with Gasteiger partial charge in [0.2, 0.25) is 11.8 Å². The second-order valence-electron chi connectivity index (χ2n) is 6.21. The van der Waals surface area contributed by atoms with Gasteiger partial charge in [0, 0.05) is 19.0 Å². The normalized spacial score (nSPS) is 26.3. The van der Waals surface area contributed by atoms with Crippen molar-refractivity contribution in [3.63, 3.8) is 0 Å². The topological polar surface area (TPSA) is 72.6 Å². The number of carbonyl (C=O) groups is 2. The molecule has 0 aromatic heterocycles. The lowest BCUT2D eigenvalue weighted by Gasteiger charge is -2.17. The highest BCUT2D eigenvalue weighted by atomic mass is 19.4. The molecule has 3 atom stereocenters. The van der Waals surface area contributed by atoms with Crippen LogP contribution in [-0.2, 0) is 9.59 Å². The maximum Gasteiger partial charge on any atom is 0.573 e. The smallest absolute Gasteiger partial charge is 0.405 e. The molecule has 8 heteroatoms. The van der Waals surface area contributed by atoms with E-state index in [9.17, 15) is 22.8 Å². The van der Waals surface area contributed by atoms with Crippen LogP contribution in [0.3, 0.4) is 0 Å². The summed E-state index contributed by atoms with van der Waals surface area (Å²) in [4.78, 5) is 25.2. The molecule has 1 saturated carbocycles. The van der Waals surface area contributed by atoms with Gasteiger partial charge in [0.15, 0.2) is 0 Å². The Morgan fingerprint density at radius 2 is 1.96 bits per heavy atom. The van der Waals surface area contributed by atoms with Crippen molar-refractivity contribution < 1.29 is 27.5 Å². The Morgan fingerprint density at radius 1 is 1.25 bits per heavy atom. The van der Waals surface area contributed by atoms with E-state index in [2.05, 4.69) is 4.74 Å². The molecule has 1 aromatic rings. The zero-order valence-corrected chi connectivity index (χ0v) is 12.8. The van der Waals surface area contributed by atoms with Crippen LogP contribution in [0.4, 0.5) is 13.2 Å². The number of rotatable bonds is 4. The van der Waals surface area contributed by atoms with E-state index in [1.807, 2.05) is 0 Å². The summed E-state index contributed by atoms with van der Waals surface area (Å²) in [7, 11) is 0. The van der Waals surface area contributed by atoms with Gasteiger partial charge in [-0.3, -0.25) is 9.59 Å². The molecule has 2 N–H and O–H groups in total. The number of nitrogens with zero attached hydrogens (tertiary/aromatic N) is 1. The molecule has 0 radical (unpaired) electrons. The summed E-state index contributed by atoms with van der Waals surface area (Å²) < 4.78 is 41.5. The maximum atomic E-state index is 12.5. The lowest BCUT2D eigenvalue weighted by Crippen LogP contribution is -2.33. The van der Waals surface area contributed by atoms with Crippen molar-refractivity contribution in [2.75, 3.05) is 13.1 Å². The van der Waals surface area contributed by atoms with E-state index in [1.54, 1.807) is 17.0 Å². The highest BCUT2D eigenvalue weighted by Crippen LogP contribution is 2.52. The zero-order valence-electron chi connectivity index (χ0n) is 12.8. The number of hydrogen-bond acceptors (Lipinski definition) is 3. The van der Waals surface area contributed by atoms with Crippen molar-refractivity contribution in [2.45, 2.75) is 25.1 Å². The van der Waals surface area contributed by atoms with Crippen LogP contribution in [0, 0.1) is 11.8 Å². The Balaban J connectivity index is 1.68. The fourth-order valence-corrected chi connectivity index (χ4v) is 3.24. The summed E-state index contributed by atoms with van der Waals surface area (Å²) in [5.74, 6) is -1.82. The van der Waals surface area contributed by atoms with E-state index in [4.69, 9.17) is 5.73 Å². The number of halogens is 3. The molecular formula is C16H17F3N2O3. The van der Waals surface area contributed by atoms with Gasteiger partial charge < -0.3 is 15.4 Å². The Morgan fingerprint density at radius 3 is 2.58 bits per heavy atom. The first kappa shape index (κ1) is 16.6. The van der Waals surface area contributed by atoms with Crippen molar-refractivity contribution in [3.05, 3.63) is 29.8 Å². The van der Waals surface area contributed by atoms with Crippen molar-refractivity contribution in [3.8, 4) is 5.75 Å². The summed E-state index contributed by atoms with van der Waals surface area (Å²) in [6.45, 7) is 0.744. The Bertz CT molecular complexity index is 662. The standard InChI is InChI=1S/C16H17F3N2O3/c17-16(18,19)24-13-4-2-1-3-10(13)11-7-12(11)15(23)21-6-5-9(8-21)14(20)22/h1-4,9,11-12H,5-8H2,(H2,20,22)/t9-,11+,12+/m1/s1. The lowest BCUT2D eigenvalue weighted by atomic mass is 10.1. The van der Waals surface area contributed by atoms with Crippen LogP contribution >= 0.6 is 0 Å². The van der Waals surface area contributed by atoms with Gasteiger partial charge in [-0.1, -0.05) is 18.2 Å². The summed E-state index contributed by atoms with van der Waals surface area (Å²) >= 11 is 0. The second-order valence-corrected chi connectivity index (χ2v) is 6.21. The zero-order chi connectivity index (χ0) is 17.5. The number of carbonyl (C=O) groups excluding carboxylic acids is 2. The Labute approximate surface area is 136 Å². The molecule has 1 aliphatic heterocycles. The molecule has 2 fully saturated rings. The molecule has 1 saturated heterocycles. The largest absolute Gasteiger partial charge is 0.573 e. The van der Waals surface area contributed by atoms with Gasteiger partial charge in [-0.25, -0.2) is 0 Å². The lowest BCUT2D eigenvalue weighted by molar-refractivity contribution is -0.274. The predicted molar refractivity (Wildman–Crippen MR) is 77.9 cm³/mol. The van der Waals surface area contributed by atoms with Gasteiger partial charge in [0.25, 0.3) is 0 Å². The number of likely N-dealkylation sites (tertiary alicyclic amines) is 1. The van der Waals surface area contributed by atoms with Gasteiger partial charge in [0.05, 0.1) is 5.92 Å². The minimum atomic E-state index is -4.77. The number of primary amides is 1. The monoisotopic (exact) mass is 342 g/mol. The molecule has 130 valence electrons. The number of ether oxygens (including phenoxy) is 1. The van der Waals surface area contributed by atoms with Crippen molar-refractivity contribution in [1.82, 2.24) is 4.90 Å². The fraction of sp³-hybridized carbons (Fsp3) is 0.500. The van der Waals surface area contributed by atoms with Crippen LogP contribution in [0.5, 0.6) is 5.75 Å². The highest BCUT2D eigenvalue weighted by molar-refractivity contribution is 5.85. The first-order valence-electron chi connectivity index (χ1n) is 7.69. The minimum Gasteiger partial charge on any atom is -0.405 e. The first-order chi connectivity index (χ1) is 11.3. The fourth-order valence-electron chi connectivity index (χ4n) is 3.24. The second kappa shape index (κ2) is 5.99. The molecule has 24 heavy (non-hydrogen) atoms. The van der Waals surface area contributed by atoms with E-state index in [0.717, 1.165) is 0 Å². The predicted octanol–water partition coefficient (Wildman–Crippen LogP) is 2.02. The summed E-state index contributed by atoms with van der Waals surface area (Å²) in [6, 6.07) is 5.88. The third-order valence-electron chi connectivity index (χ3n) is 4.55. The average Bonchev–Trinajstić information content (AvgIpc) is 3.12. The molecule has 2 amide bonds. The first-order valence-corrected chi connectivity index (χ1v) is 7.69. The number of benzene rings is 1. The summed E-state index contributed by atoms with van der Waals surface area (Å²) in [5, 5.41) is 0. The van der Waals surface area contributed by atoms with Crippen molar-refractivity contribution >= 4 is 11.8 Å². The van der Waals surface area contributed by atoms with Gasteiger partial charge in [-0.15, -0.1) is 13.2 Å². The summed E-state index contributed by atoms with van der Waals surface area (Å²) in [5.41, 5.74) is 5.64. The molecule has 1 heterocycles.